The lowest BCUT2D eigenvalue weighted by Crippen LogP contribution is -2.49. The summed E-state index contributed by atoms with van der Waals surface area (Å²) in [6, 6.07) is 19.2. The second-order valence-electron chi connectivity index (χ2n) is 11.1. The van der Waals surface area contributed by atoms with Crippen LogP contribution in [-0.2, 0) is 38.2 Å². The Kier molecular flexibility index (Phi) is 24.8. The molecule has 0 spiro atoms. The van der Waals surface area contributed by atoms with E-state index in [1.54, 1.807) is 11.8 Å². The number of morpholine rings is 3. The van der Waals surface area contributed by atoms with E-state index in [2.05, 4.69) is 10.6 Å². The Bertz CT molecular complexity index is 1330. The van der Waals surface area contributed by atoms with Crippen molar-refractivity contribution in [2.24, 2.45) is 0 Å². The first-order valence-electron chi connectivity index (χ1n) is 16.1. The van der Waals surface area contributed by atoms with Crippen LogP contribution in [0.3, 0.4) is 0 Å². The number of aliphatic carboxylic acids is 1. The highest BCUT2D eigenvalue weighted by molar-refractivity contribution is 6.40. The van der Waals surface area contributed by atoms with Gasteiger partial charge in [-0.25, -0.2) is 4.79 Å². The Balaban J connectivity index is 0.000000721. The van der Waals surface area contributed by atoms with Gasteiger partial charge in [0.1, 0.15) is 0 Å². The second-order valence-corrected chi connectivity index (χ2v) is 12.0. The highest BCUT2D eigenvalue weighted by Crippen LogP contribution is 2.11. The van der Waals surface area contributed by atoms with Crippen LogP contribution in [0.4, 0.5) is 11.4 Å². The monoisotopic (exact) mass is 766 g/mol. The molecule has 3 saturated heterocycles. The lowest BCUT2D eigenvalue weighted by molar-refractivity contribution is -0.158. The largest absolute Gasteiger partial charge is 0.479 e. The quantitative estimate of drug-likeness (QED) is 0.294. The van der Waals surface area contributed by atoms with Crippen molar-refractivity contribution in [1.29, 1.82) is 0 Å². The van der Waals surface area contributed by atoms with Crippen molar-refractivity contribution >= 4 is 72.6 Å². The molecule has 0 saturated carbocycles. The van der Waals surface area contributed by atoms with Gasteiger partial charge < -0.3 is 44.7 Å². The zero-order valence-corrected chi connectivity index (χ0v) is 30.7. The van der Waals surface area contributed by atoms with Crippen molar-refractivity contribution in [3.8, 4) is 0 Å². The fraction of sp³-hybridized carbons (Fsp3) is 0.514. The molecule has 3 radical (unpaired) electrons. The number of amides is 4. The Morgan fingerprint density at radius 1 is 0.692 bits per heavy atom. The molecule has 52 heavy (non-hydrogen) atoms. The molecule has 5 rings (SSSR count). The van der Waals surface area contributed by atoms with Crippen LogP contribution in [0.1, 0.15) is 28.2 Å². The van der Waals surface area contributed by atoms with E-state index in [-0.39, 0.29) is 57.5 Å². The number of hydrogen-bond donors (Lipinski definition) is 3. The van der Waals surface area contributed by atoms with Gasteiger partial charge in [-0.3, -0.25) is 19.2 Å². The molecule has 0 bridgehead atoms. The first-order valence-corrected chi connectivity index (χ1v) is 17.1. The van der Waals surface area contributed by atoms with E-state index < -0.39 is 18.2 Å². The lowest BCUT2D eigenvalue weighted by Gasteiger charge is -2.32. The van der Waals surface area contributed by atoms with E-state index in [9.17, 15) is 24.0 Å². The number of anilines is 2. The molecule has 3 heterocycles. The topological polar surface area (TPSA) is 167 Å². The molecule has 3 N–H and O–H groups in total. The molecule has 3 atom stereocenters. The third kappa shape index (κ3) is 18.6. The third-order valence-corrected chi connectivity index (χ3v) is 7.52. The number of nitrogens with zero attached hydrogens (tertiary/aromatic N) is 3. The van der Waals surface area contributed by atoms with Crippen molar-refractivity contribution in [2.45, 2.75) is 46.5 Å². The second kappa shape index (κ2) is 26.8. The maximum Gasteiger partial charge on any atom is 0.334 e. The summed E-state index contributed by atoms with van der Waals surface area (Å²) in [5.74, 6) is -1.24. The molecular formula is C35H51BCl2N5O9. The Morgan fingerprint density at radius 2 is 1.10 bits per heavy atom. The van der Waals surface area contributed by atoms with Gasteiger partial charge in [0.2, 0.25) is 17.7 Å². The summed E-state index contributed by atoms with van der Waals surface area (Å²) >= 11 is 9.53. The predicted octanol–water partition coefficient (Wildman–Crippen LogP) is 3.21. The number of carboxylic acid groups (broad SMARTS) is 1. The molecule has 14 nitrogen and oxygen atoms in total. The molecule has 2 aromatic rings. The molecule has 3 fully saturated rings. The zero-order chi connectivity index (χ0) is 36.9. The van der Waals surface area contributed by atoms with Crippen LogP contribution in [-0.4, -0.2) is 147 Å². The number of hydrogen-bond acceptors (Lipinski definition) is 9. The SMILES string of the molecule is C.CC(=O)N1CCOC(C(=O)Nc2ccccc2)C1.CC(=O)N1CCOC(C(=O)O)C1.CC(=O)N1CCOC(CNc2ccccc2)C1.ClCCl.[B]. The minimum atomic E-state index is -1.01. The van der Waals surface area contributed by atoms with Crippen LogP contribution in [0.25, 0.3) is 0 Å². The third-order valence-electron chi connectivity index (χ3n) is 7.52. The maximum absolute atomic E-state index is 12.0. The highest BCUT2D eigenvalue weighted by atomic mass is 35.5. The van der Waals surface area contributed by atoms with Gasteiger partial charge in [-0.05, 0) is 24.3 Å². The van der Waals surface area contributed by atoms with Crippen molar-refractivity contribution in [3.05, 3.63) is 60.7 Å². The number of ether oxygens (including phenoxy) is 3. The molecule has 0 aliphatic carbocycles. The fourth-order valence-corrected chi connectivity index (χ4v) is 4.84. The number of benzene rings is 2. The molecule has 287 valence electrons. The van der Waals surface area contributed by atoms with E-state index in [1.807, 2.05) is 65.6 Å². The summed E-state index contributed by atoms with van der Waals surface area (Å²) in [4.78, 5) is 60.7. The first kappa shape index (κ1) is 48.1. The number of carbonyl (C=O) groups is 5. The van der Waals surface area contributed by atoms with Crippen LogP contribution in [0, 0.1) is 0 Å². The van der Waals surface area contributed by atoms with Crippen LogP contribution < -0.4 is 10.6 Å². The van der Waals surface area contributed by atoms with Gasteiger partial charge in [-0.1, -0.05) is 43.8 Å². The molecule has 3 unspecified atom stereocenters. The molecular weight excluding hydrogens is 716 g/mol. The van der Waals surface area contributed by atoms with Crippen LogP contribution in [0.15, 0.2) is 60.7 Å². The van der Waals surface area contributed by atoms with Gasteiger partial charge in [0.25, 0.3) is 5.91 Å². The van der Waals surface area contributed by atoms with E-state index in [4.69, 9.17) is 42.5 Å². The van der Waals surface area contributed by atoms with Crippen molar-refractivity contribution in [1.82, 2.24) is 14.7 Å². The number of rotatable bonds is 6. The van der Waals surface area contributed by atoms with Crippen LogP contribution in [0.2, 0.25) is 0 Å². The van der Waals surface area contributed by atoms with Crippen molar-refractivity contribution < 1.29 is 43.3 Å². The van der Waals surface area contributed by atoms with Crippen molar-refractivity contribution in [2.75, 3.05) is 81.6 Å². The van der Waals surface area contributed by atoms with Gasteiger partial charge in [0, 0.05) is 73.3 Å². The fourth-order valence-electron chi connectivity index (χ4n) is 4.84. The molecule has 0 aromatic heterocycles. The van der Waals surface area contributed by atoms with Crippen molar-refractivity contribution in [3.63, 3.8) is 0 Å². The summed E-state index contributed by atoms with van der Waals surface area (Å²) in [6.45, 7) is 9.46. The summed E-state index contributed by atoms with van der Waals surface area (Å²) in [7, 11) is 0. The van der Waals surface area contributed by atoms with Gasteiger partial charge in [-0.2, -0.15) is 0 Å². The number of halogens is 2. The summed E-state index contributed by atoms with van der Waals surface area (Å²) in [5.41, 5.74) is 1.81. The number of para-hydroxylation sites is 2. The van der Waals surface area contributed by atoms with Gasteiger partial charge in [0.05, 0.1) is 44.4 Å². The highest BCUT2D eigenvalue weighted by Gasteiger charge is 2.28. The maximum atomic E-state index is 12.0. The number of nitrogens with one attached hydrogen (secondary N) is 2. The minimum absolute atomic E-state index is 0. The molecule has 3 aliphatic rings. The van der Waals surface area contributed by atoms with E-state index >= 15 is 0 Å². The molecule has 3 aliphatic heterocycles. The van der Waals surface area contributed by atoms with Crippen LogP contribution in [0.5, 0.6) is 0 Å². The first-order chi connectivity index (χ1) is 23.9. The number of carbonyl (C=O) groups excluding carboxylic acids is 4. The van der Waals surface area contributed by atoms with E-state index in [1.165, 1.54) is 18.7 Å². The van der Waals surface area contributed by atoms with E-state index in [0.29, 0.717) is 52.5 Å². The summed E-state index contributed by atoms with van der Waals surface area (Å²) in [6.07, 6.45) is -1.38. The molecule has 2 aromatic carbocycles. The number of carboxylic acids is 1. The Hall–Kier alpha value is -3.89. The molecule has 4 amide bonds. The lowest BCUT2D eigenvalue weighted by atomic mass is 10.2. The zero-order valence-electron chi connectivity index (χ0n) is 29.2. The standard InChI is InChI=1S/C13H16N2O3.C13H18N2O2.C7H11NO4.CH2Cl2.CH4.B/c1-10(16)15-7-8-18-12(9-15)13(17)14-11-5-3-2-4-6-11;1-11(16)15-7-8-17-13(10-15)9-14-12-5-3-2-4-6-12;1-5(9)8-2-3-12-6(4-8)7(10)11;2-1-3;;/h2-6,12H,7-9H2,1H3,(H,14,17);2-6,13-14H,7-10H2,1H3;6H,2-4H2,1H3,(H,10,11);1H2;1H4;. The normalized spacial score (nSPS) is 19.1. The summed E-state index contributed by atoms with van der Waals surface area (Å²) in [5, 5.41) is 14.8. The molecule has 17 heteroatoms. The van der Waals surface area contributed by atoms with Gasteiger partial charge in [-0.15, -0.1) is 23.2 Å². The summed E-state index contributed by atoms with van der Waals surface area (Å²) < 4.78 is 15.9. The van der Waals surface area contributed by atoms with Crippen LogP contribution >= 0.6 is 23.2 Å². The number of alkyl halides is 2. The average Bonchev–Trinajstić information content (AvgIpc) is 3.12. The minimum Gasteiger partial charge on any atom is -0.479 e. The Morgan fingerprint density at radius 3 is 1.56 bits per heavy atom. The van der Waals surface area contributed by atoms with Gasteiger partial charge in [0.15, 0.2) is 12.2 Å². The predicted molar refractivity (Wildman–Crippen MR) is 203 cm³/mol. The van der Waals surface area contributed by atoms with E-state index in [0.717, 1.165) is 17.9 Å². The Labute approximate surface area is 318 Å². The smallest absolute Gasteiger partial charge is 0.334 e. The average molecular weight is 768 g/mol. The van der Waals surface area contributed by atoms with Gasteiger partial charge >= 0.3 is 5.97 Å².